The molecule has 1 atom stereocenters. The van der Waals surface area contributed by atoms with Crippen LogP contribution < -0.4 is 4.74 Å². The largest absolute Gasteiger partial charge is 0.504 e. The molecule has 0 heterocycles. The molecule has 0 saturated heterocycles. The van der Waals surface area contributed by atoms with Crippen molar-refractivity contribution in [1.29, 1.82) is 0 Å². The van der Waals surface area contributed by atoms with E-state index >= 15 is 0 Å². The molecule has 0 amide bonds. The quantitative estimate of drug-likeness (QED) is 0.764. The molecule has 0 aromatic heterocycles. The second-order valence-corrected chi connectivity index (χ2v) is 3.44. The van der Waals surface area contributed by atoms with E-state index in [0.29, 0.717) is 18.8 Å². The second-order valence-electron chi connectivity index (χ2n) is 3.44. The van der Waals surface area contributed by atoms with Gasteiger partial charge in [-0.1, -0.05) is 19.1 Å². The van der Waals surface area contributed by atoms with Gasteiger partial charge in [0.25, 0.3) is 0 Å². The van der Waals surface area contributed by atoms with Gasteiger partial charge in [-0.05, 0) is 18.9 Å². The molecular formula is C13H16O2. The molecule has 15 heavy (non-hydrogen) atoms. The van der Waals surface area contributed by atoms with E-state index in [-0.39, 0.29) is 11.7 Å². The molecule has 0 aliphatic rings. The first-order valence-corrected chi connectivity index (χ1v) is 5.08. The van der Waals surface area contributed by atoms with E-state index in [1.165, 1.54) is 0 Å². The molecule has 1 aromatic carbocycles. The highest BCUT2D eigenvalue weighted by molar-refractivity contribution is 5.47. The van der Waals surface area contributed by atoms with Crippen LogP contribution in [0.25, 0.3) is 0 Å². The Kier molecular flexibility index (Phi) is 4.05. The molecule has 1 N–H and O–H groups in total. The van der Waals surface area contributed by atoms with Gasteiger partial charge in [0.1, 0.15) is 0 Å². The van der Waals surface area contributed by atoms with Crippen LogP contribution in [0.5, 0.6) is 11.5 Å². The van der Waals surface area contributed by atoms with Crippen LogP contribution in [0.2, 0.25) is 0 Å². The zero-order valence-corrected chi connectivity index (χ0v) is 9.16. The topological polar surface area (TPSA) is 29.5 Å². The number of benzene rings is 1. The normalized spacial score (nSPS) is 11.8. The first kappa shape index (κ1) is 11.5. The van der Waals surface area contributed by atoms with Gasteiger partial charge in [-0.25, -0.2) is 0 Å². The fraction of sp³-hybridized carbons (Fsp3) is 0.385. The van der Waals surface area contributed by atoms with E-state index in [1.54, 1.807) is 6.07 Å². The van der Waals surface area contributed by atoms with Crippen LogP contribution in [-0.4, -0.2) is 11.7 Å². The first-order chi connectivity index (χ1) is 7.20. The molecule has 2 heteroatoms. The monoisotopic (exact) mass is 204 g/mol. The van der Waals surface area contributed by atoms with Crippen molar-refractivity contribution in [2.24, 2.45) is 0 Å². The minimum atomic E-state index is 0.149. The minimum Gasteiger partial charge on any atom is -0.504 e. The molecule has 1 rings (SSSR count). The van der Waals surface area contributed by atoms with Gasteiger partial charge in [-0.15, -0.1) is 12.3 Å². The van der Waals surface area contributed by atoms with Gasteiger partial charge in [0.2, 0.25) is 0 Å². The highest BCUT2D eigenvalue weighted by atomic mass is 16.5. The summed E-state index contributed by atoms with van der Waals surface area (Å²) in [7, 11) is 0. The van der Waals surface area contributed by atoms with Crippen molar-refractivity contribution in [3.05, 3.63) is 23.8 Å². The van der Waals surface area contributed by atoms with Crippen molar-refractivity contribution in [1.82, 2.24) is 0 Å². The maximum atomic E-state index is 9.92. The predicted octanol–water partition coefficient (Wildman–Crippen LogP) is 2.92. The third-order valence-corrected chi connectivity index (χ3v) is 2.29. The fourth-order valence-corrected chi connectivity index (χ4v) is 1.50. The zero-order chi connectivity index (χ0) is 11.3. The van der Waals surface area contributed by atoms with Crippen molar-refractivity contribution in [2.45, 2.75) is 26.2 Å². The van der Waals surface area contributed by atoms with Gasteiger partial charge in [-0.2, -0.15) is 0 Å². The average Bonchev–Trinajstić information content (AvgIpc) is 2.22. The van der Waals surface area contributed by atoms with Gasteiger partial charge < -0.3 is 9.84 Å². The summed E-state index contributed by atoms with van der Waals surface area (Å²) in [4.78, 5) is 0. The molecule has 0 aliphatic carbocycles. The van der Waals surface area contributed by atoms with Crippen molar-refractivity contribution in [2.75, 3.05) is 6.61 Å². The van der Waals surface area contributed by atoms with Crippen LogP contribution in [0.15, 0.2) is 18.2 Å². The Morgan fingerprint density at radius 1 is 1.53 bits per heavy atom. The molecular weight excluding hydrogens is 188 g/mol. The Bertz CT molecular complexity index is 363. The Hall–Kier alpha value is -1.62. The number of hydrogen-bond donors (Lipinski definition) is 1. The molecule has 1 aromatic rings. The van der Waals surface area contributed by atoms with E-state index < -0.39 is 0 Å². The van der Waals surface area contributed by atoms with Crippen LogP contribution in [0.3, 0.4) is 0 Å². The molecule has 0 bridgehead atoms. The summed E-state index contributed by atoms with van der Waals surface area (Å²) in [5.41, 5.74) is 0.846. The second kappa shape index (κ2) is 5.31. The number of ether oxygens (including phenoxy) is 1. The number of rotatable bonds is 4. The Labute approximate surface area is 90.9 Å². The Morgan fingerprint density at radius 2 is 2.27 bits per heavy atom. The third kappa shape index (κ3) is 2.66. The number of hydrogen-bond acceptors (Lipinski definition) is 2. The number of terminal acetylenes is 1. The summed E-state index contributed by atoms with van der Waals surface area (Å²) in [6.07, 6.45) is 5.86. The van der Waals surface area contributed by atoms with Crippen LogP contribution in [-0.2, 0) is 0 Å². The number of para-hydroxylation sites is 1. The summed E-state index contributed by atoms with van der Waals surface area (Å²) in [6, 6.07) is 5.50. The van der Waals surface area contributed by atoms with E-state index in [9.17, 15) is 5.11 Å². The van der Waals surface area contributed by atoms with E-state index in [2.05, 4.69) is 5.92 Å². The van der Waals surface area contributed by atoms with Crippen molar-refractivity contribution < 1.29 is 9.84 Å². The summed E-state index contributed by atoms with van der Waals surface area (Å²) in [5, 5.41) is 9.92. The fourth-order valence-electron chi connectivity index (χ4n) is 1.50. The Morgan fingerprint density at radius 3 is 2.87 bits per heavy atom. The van der Waals surface area contributed by atoms with Crippen molar-refractivity contribution in [3.63, 3.8) is 0 Å². The van der Waals surface area contributed by atoms with Gasteiger partial charge in [0.05, 0.1) is 6.61 Å². The van der Waals surface area contributed by atoms with Gasteiger partial charge in [0.15, 0.2) is 11.5 Å². The van der Waals surface area contributed by atoms with Gasteiger partial charge in [0, 0.05) is 12.0 Å². The first-order valence-electron chi connectivity index (χ1n) is 5.08. The van der Waals surface area contributed by atoms with E-state index in [0.717, 1.165) is 5.56 Å². The molecule has 1 unspecified atom stereocenters. The molecule has 0 saturated carbocycles. The van der Waals surface area contributed by atoms with Crippen LogP contribution in [0.1, 0.15) is 31.7 Å². The van der Waals surface area contributed by atoms with Gasteiger partial charge in [-0.3, -0.25) is 0 Å². The lowest BCUT2D eigenvalue weighted by molar-refractivity contribution is 0.316. The maximum Gasteiger partial charge on any atom is 0.161 e. The number of aromatic hydroxyl groups is 1. The highest BCUT2D eigenvalue weighted by Crippen LogP contribution is 2.35. The summed E-state index contributed by atoms with van der Waals surface area (Å²) >= 11 is 0. The number of phenolic OH excluding ortho intramolecular Hbond substituents is 1. The highest BCUT2D eigenvalue weighted by Gasteiger charge is 2.12. The van der Waals surface area contributed by atoms with Crippen LogP contribution in [0.4, 0.5) is 0 Å². The maximum absolute atomic E-state index is 9.92. The summed E-state index contributed by atoms with van der Waals surface area (Å²) in [5.74, 6) is 3.48. The molecule has 0 spiro atoms. The molecule has 0 fully saturated rings. The van der Waals surface area contributed by atoms with Crippen molar-refractivity contribution in [3.8, 4) is 23.8 Å². The molecule has 0 radical (unpaired) electrons. The SMILES string of the molecule is C#CCC(C)c1cccc(OCC)c1O. The van der Waals surface area contributed by atoms with E-state index in [1.807, 2.05) is 26.0 Å². The zero-order valence-electron chi connectivity index (χ0n) is 9.16. The van der Waals surface area contributed by atoms with Crippen molar-refractivity contribution >= 4 is 0 Å². The summed E-state index contributed by atoms with van der Waals surface area (Å²) < 4.78 is 5.30. The lowest BCUT2D eigenvalue weighted by Crippen LogP contribution is -1.97. The molecule has 80 valence electrons. The molecule has 0 aliphatic heterocycles. The van der Waals surface area contributed by atoms with Crippen LogP contribution >= 0.6 is 0 Å². The smallest absolute Gasteiger partial charge is 0.161 e. The van der Waals surface area contributed by atoms with Gasteiger partial charge >= 0.3 is 0 Å². The van der Waals surface area contributed by atoms with Crippen LogP contribution in [0, 0.1) is 12.3 Å². The minimum absolute atomic E-state index is 0.149. The lowest BCUT2D eigenvalue weighted by Gasteiger charge is -2.13. The number of phenols is 1. The van der Waals surface area contributed by atoms with E-state index in [4.69, 9.17) is 11.2 Å². The lowest BCUT2D eigenvalue weighted by atomic mass is 9.97. The average molecular weight is 204 g/mol. The Balaban J connectivity index is 2.99. The third-order valence-electron chi connectivity index (χ3n) is 2.29. The summed E-state index contributed by atoms with van der Waals surface area (Å²) in [6.45, 7) is 4.42. The predicted molar refractivity (Wildman–Crippen MR) is 61.1 cm³/mol. The standard InChI is InChI=1S/C13H16O2/c1-4-7-10(3)11-8-6-9-12(13(11)14)15-5-2/h1,6,8-10,14H,5,7H2,2-3H3. The molecule has 2 nitrogen and oxygen atoms in total.